The number of rotatable bonds is 6. The molecule has 0 aliphatic carbocycles. The fraction of sp³-hybridized carbons (Fsp3) is 0.211. The van der Waals surface area contributed by atoms with E-state index in [1.54, 1.807) is 24.3 Å². The SMILES string of the molecule is Cc1cccc(C)c1NC(=O)COC(=O)Cn1nnc(-c2ccc(Cl)cc2)n1. The largest absolute Gasteiger partial charge is 0.454 e. The van der Waals surface area contributed by atoms with Crippen LogP contribution in [-0.4, -0.2) is 38.7 Å². The van der Waals surface area contributed by atoms with Gasteiger partial charge in [0.1, 0.15) is 0 Å². The summed E-state index contributed by atoms with van der Waals surface area (Å²) < 4.78 is 4.99. The van der Waals surface area contributed by atoms with Gasteiger partial charge in [0.05, 0.1) is 0 Å². The molecule has 9 heteroatoms. The Morgan fingerprint density at radius 3 is 2.46 bits per heavy atom. The summed E-state index contributed by atoms with van der Waals surface area (Å²) in [6, 6.07) is 12.6. The molecule has 0 radical (unpaired) electrons. The molecule has 0 atom stereocenters. The zero-order valence-electron chi connectivity index (χ0n) is 15.3. The maximum absolute atomic E-state index is 12.0. The molecule has 144 valence electrons. The number of tetrazole rings is 1. The molecule has 0 aliphatic rings. The van der Waals surface area contributed by atoms with Gasteiger partial charge in [-0.25, -0.2) is 4.79 Å². The molecule has 0 saturated carbocycles. The Morgan fingerprint density at radius 2 is 1.79 bits per heavy atom. The number of hydrogen-bond acceptors (Lipinski definition) is 6. The van der Waals surface area contributed by atoms with Crippen molar-refractivity contribution in [3.8, 4) is 11.4 Å². The van der Waals surface area contributed by atoms with Crippen molar-refractivity contribution >= 4 is 29.2 Å². The predicted molar refractivity (Wildman–Crippen MR) is 104 cm³/mol. The third-order valence-electron chi connectivity index (χ3n) is 3.94. The van der Waals surface area contributed by atoms with Crippen LogP contribution >= 0.6 is 11.6 Å². The molecule has 0 bridgehead atoms. The number of carbonyl (C=O) groups is 2. The zero-order chi connectivity index (χ0) is 20.1. The van der Waals surface area contributed by atoms with Gasteiger partial charge in [0.2, 0.25) is 5.82 Å². The Labute approximate surface area is 166 Å². The van der Waals surface area contributed by atoms with Crippen molar-refractivity contribution in [2.24, 2.45) is 0 Å². The minimum absolute atomic E-state index is 0.253. The van der Waals surface area contributed by atoms with Crippen molar-refractivity contribution in [2.75, 3.05) is 11.9 Å². The number of halogens is 1. The summed E-state index contributed by atoms with van der Waals surface area (Å²) >= 11 is 5.85. The van der Waals surface area contributed by atoms with Crippen LogP contribution in [0.1, 0.15) is 11.1 Å². The standard InChI is InChI=1S/C19H18ClN5O3/c1-12-4-3-5-13(2)18(12)21-16(26)11-28-17(27)10-25-23-19(22-24-25)14-6-8-15(20)9-7-14/h3-9H,10-11H2,1-2H3,(H,21,26). The number of carbonyl (C=O) groups excluding carboxylic acids is 2. The molecule has 0 spiro atoms. The van der Waals surface area contributed by atoms with Gasteiger partial charge in [0.25, 0.3) is 5.91 Å². The lowest BCUT2D eigenvalue weighted by Gasteiger charge is -2.11. The molecule has 1 aromatic heterocycles. The number of para-hydroxylation sites is 1. The Morgan fingerprint density at radius 1 is 1.11 bits per heavy atom. The van der Waals surface area contributed by atoms with E-state index in [0.29, 0.717) is 16.5 Å². The molecular weight excluding hydrogens is 382 g/mol. The number of anilines is 1. The third kappa shape index (κ3) is 4.92. The van der Waals surface area contributed by atoms with Gasteiger partial charge in [-0.1, -0.05) is 29.8 Å². The summed E-state index contributed by atoms with van der Waals surface area (Å²) in [6.45, 7) is 3.13. The first kappa shape index (κ1) is 19.5. The van der Waals surface area contributed by atoms with Crippen molar-refractivity contribution in [3.63, 3.8) is 0 Å². The molecule has 0 saturated heterocycles. The Balaban J connectivity index is 1.52. The summed E-state index contributed by atoms with van der Waals surface area (Å²) in [5.74, 6) is -0.701. The molecule has 0 unspecified atom stereocenters. The first-order valence-corrected chi connectivity index (χ1v) is 8.85. The molecule has 1 N–H and O–H groups in total. The number of hydrogen-bond donors (Lipinski definition) is 1. The van der Waals surface area contributed by atoms with E-state index in [1.807, 2.05) is 32.0 Å². The Bertz CT molecular complexity index is 981. The number of nitrogens with one attached hydrogen (secondary N) is 1. The number of esters is 1. The number of ether oxygens (including phenoxy) is 1. The minimum Gasteiger partial charge on any atom is -0.454 e. The van der Waals surface area contributed by atoms with Crippen LogP contribution in [0.4, 0.5) is 5.69 Å². The number of nitrogens with zero attached hydrogens (tertiary/aromatic N) is 4. The summed E-state index contributed by atoms with van der Waals surface area (Å²) in [4.78, 5) is 25.1. The van der Waals surface area contributed by atoms with Gasteiger partial charge < -0.3 is 10.1 Å². The highest BCUT2D eigenvalue weighted by molar-refractivity contribution is 6.30. The number of aryl methyl sites for hydroxylation is 2. The van der Waals surface area contributed by atoms with E-state index >= 15 is 0 Å². The second-order valence-corrected chi connectivity index (χ2v) is 6.56. The average Bonchev–Trinajstić information content (AvgIpc) is 3.12. The van der Waals surface area contributed by atoms with E-state index in [0.717, 1.165) is 21.5 Å². The number of aromatic nitrogens is 4. The van der Waals surface area contributed by atoms with Crippen LogP contribution < -0.4 is 5.32 Å². The minimum atomic E-state index is -0.642. The van der Waals surface area contributed by atoms with Crippen LogP contribution in [0.25, 0.3) is 11.4 Å². The lowest BCUT2D eigenvalue weighted by atomic mass is 10.1. The molecule has 0 aliphatic heterocycles. The van der Waals surface area contributed by atoms with E-state index in [-0.39, 0.29) is 6.54 Å². The molecule has 8 nitrogen and oxygen atoms in total. The quantitative estimate of drug-likeness (QED) is 0.640. The van der Waals surface area contributed by atoms with Crippen LogP contribution in [0, 0.1) is 13.8 Å². The van der Waals surface area contributed by atoms with Crippen molar-refractivity contribution < 1.29 is 14.3 Å². The summed E-state index contributed by atoms with van der Waals surface area (Å²) in [7, 11) is 0. The highest BCUT2D eigenvalue weighted by Gasteiger charge is 2.13. The van der Waals surface area contributed by atoms with Crippen LogP contribution in [0.5, 0.6) is 0 Å². The lowest BCUT2D eigenvalue weighted by Crippen LogP contribution is -2.24. The molecular formula is C19H18ClN5O3. The van der Waals surface area contributed by atoms with Gasteiger partial charge in [-0.15, -0.1) is 10.2 Å². The van der Waals surface area contributed by atoms with Crippen molar-refractivity contribution in [2.45, 2.75) is 20.4 Å². The van der Waals surface area contributed by atoms with Crippen molar-refractivity contribution in [1.82, 2.24) is 20.2 Å². The van der Waals surface area contributed by atoms with Gasteiger partial charge >= 0.3 is 5.97 Å². The number of amides is 1. The fourth-order valence-corrected chi connectivity index (χ4v) is 2.65. The number of benzene rings is 2. The third-order valence-corrected chi connectivity index (χ3v) is 4.19. The van der Waals surface area contributed by atoms with E-state index in [1.165, 1.54) is 0 Å². The van der Waals surface area contributed by atoms with Crippen LogP contribution in [0.2, 0.25) is 5.02 Å². The molecule has 1 amide bonds. The summed E-state index contributed by atoms with van der Waals surface area (Å²) in [5.41, 5.74) is 3.30. The second-order valence-electron chi connectivity index (χ2n) is 6.13. The maximum Gasteiger partial charge on any atom is 0.330 e. The van der Waals surface area contributed by atoms with Gasteiger partial charge in [-0.3, -0.25) is 4.79 Å². The van der Waals surface area contributed by atoms with Gasteiger partial charge in [0.15, 0.2) is 13.2 Å². The smallest absolute Gasteiger partial charge is 0.330 e. The van der Waals surface area contributed by atoms with Crippen LogP contribution in [0.15, 0.2) is 42.5 Å². The first-order chi connectivity index (χ1) is 13.4. The van der Waals surface area contributed by atoms with Gasteiger partial charge in [-0.2, -0.15) is 4.80 Å². The van der Waals surface area contributed by atoms with E-state index < -0.39 is 18.5 Å². The first-order valence-electron chi connectivity index (χ1n) is 8.48. The lowest BCUT2D eigenvalue weighted by molar-refractivity contribution is -0.148. The normalized spacial score (nSPS) is 10.5. The molecule has 1 heterocycles. The van der Waals surface area contributed by atoms with Crippen molar-refractivity contribution in [3.05, 3.63) is 58.6 Å². The summed E-state index contributed by atoms with van der Waals surface area (Å²) in [6.07, 6.45) is 0. The van der Waals surface area contributed by atoms with Gasteiger partial charge in [0, 0.05) is 16.3 Å². The highest BCUT2D eigenvalue weighted by atomic mass is 35.5. The molecule has 0 fully saturated rings. The Kier molecular flexibility index (Phi) is 6.00. The summed E-state index contributed by atoms with van der Waals surface area (Å²) in [5, 5.41) is 15.2. The van der Waals surface area contributed by atoms with E-state index in [9.17, 15) is 9.59 Å². The molecule has 28 heavy (non-hydrogen) atoms. The highest BCUT2D eigenvalue weighted by Crippen LogP contribution is 2.19. The molecule has 2 aromatic carbocycles. The van der Waals surface area contributed by atoms with Crippen LogP contribution in [0.3, 0.4) is 0 Å². The fourth-order valence-electron chi connectivity index (χ4n) is 2.52. The predicted octanol–water partition coefficient (Wildman–Crippen LogP) is 2.79. The monoisotopic (exact) mass is 399 g/mol. The zero-order valence-corrected chi connectivity index (χ0v) is 16.1. The van der Waals surface area contributed by atoms with E-state index in [2.05, 4.69) is 20.7 Å². The van der Waals surface area contributed by atoms with Crippen molar-refractivity contribution in [1.29, 1.82) is 0 Å². The van der Waals surface area contributed by atoms with E-state index in [4.69, 9.17) is 16.3 Å². The maximum atomic E-state index is 12.0. The second kappa shape index (κ2) is 8.62. The van der Waals surface area contributed by atoms with Gasteiger partial charge in [-0.05, 0) is 54.5 Å². The molecule has 3 aromatic rings. The molecule has 3 rings (SSSR count). The Hall–Kier alpha value is -3.26. The average molecular weight is 400 g/mol. The van der Waals surface area contributed by atoms with Crippen LogP contribution in [-0.2, 0) is 20.9 Å². The topological polar surface area (TPSA) is 99.0 Å².